The minimum Gasteiger partial charge on any atom is -0.465 e. The van der Waals surface area contributed by atoms with E-state index in [0.717, 1.165) is 13.0 Å². The second-order valence-corrected chi connectivity index (χ2v) is 15.4. The second-order valence-electron chi connectivity index (χ2n) is 9.15. The van der Waals surface area contributed by atoms with Crippen molar-refractivity contribution in [1.29, 1.82) is 0 Å². The molecule has 0 unspecified atom stereocenters. The van der Waals surface area contributed by atoms with Gasteiger partial charge in [0.25, 0.3) is 0 Å². The van der Waals surface area contributed by atoms with E-state index in [9.17, 15) is 4.79 Å². The number of hydrogen-bond donors (Lipinski definition) is 0. The van der Waals surface area contributed by atoms with Crippen molar-refractivity contribution in [2.45, 2.75) is 128 Å². The summed E-state index contributed by atoms with van der Waals surface area (Å²) in [5, 5.41) is 0. The van der Waals surface area contributed by atoms with Gasteiger partial charge in [-0.2, -0.15) is 0 Å². The number of alkyl halides is 1. The van der Waals surface area contributed by atoms with Gasteiger partial charge in [0.15, 0.2) is 8.32 Å². The molecule has 0 amide bonds. The Morgan fingerprint density at radius 2 is 1.18 bits per heavy atom. The van der Waals surface area contributed by atoms with Gasteiger partial charge < -0.3 is 9.16 Å². The molecule has 0 saturated heterocycles. The van der Waals surface area contributed by atoms with Crippen LogP contribution in [0.15, 0.2) is 0 Å². The molecule has 0 bridgehead atoms. The van der Waals surface area contributed by atoms with E-state index >= 15 is 0 Å². The Hall–Kier alpha value is 0.127. The molecular formula is C23H47BrO3Si. The SMILES string of the molecule is CCO[Si](C)(C)CCCCCCCCCCCCCCCOC(=O)C(C)(C)Br. The number of rotatable bonds is 19. The van der Waals surface area contributed by atoms with Crippen molar-refractivity contribution in [2.75, 3.05) is 13.2 Å². The molecule has 0 N–H and O–H groups in total. The van der Waals surface area contributed by atoms with Gasteiger partial charge in [0, 0.05) is 6.61 Å². The van der Waals surface area contributed by atoms with Crippen LogP contribution in [0.1, 0.15) is 104 Å². The van der Waals surface area contributed by atoms with E-state index in [4.69, 9.17) is 9.16 Å². The number of halogens is 1. The van der Waals surface area contributed by atoms with Crippen LogP contribution in [0.3, 0.4) is 0 Å². The van der Waals surface area contributed by atoms with Crippen LogP contribution in [-0.4, -0.2) is 31.8 Å². The predicted octanol–water partition coefficient (Wildman–Crippen LogP) is 8.02. The lowest BCUT2D eigenvalue weighted by Crippen LogP contribution is -2.29. The molecule has 0 rings (SSSR count). The van der Waals surface area contributed by atoms with Crippen molar-refractivity contribution in [1.82, 2.24) is 0 Å². The van der Waals surface area contributed by atoms with E-state index in [1.807, 2.05) is 13.8 Å². The van der Waals surface area contributed by atoms with Gasteiger partial charge in [0.05, 0.1) is 6.61 Å². The smallest absolute Gasteiger partial charge is 0.322 e. The Morgan fingerprint density at radius 3 is 1.57 bits per heavy atom. The predicted molar refractivity (Wildman–Crippen MR) is 128 cm³/mol. The summed E-state index contributed by atoms with van der Waals surface area (Å²) in [6, 6.07) is 1.32. The highest BCUT2D eigenvalue weighted by Crippen LogP contribution is 2.19. The number of hydrogen-bond acceptors (Lipinski definition) is 3. The zero-order valence-corrected chi connectivity index (χ0v) is 22.0. The quantitative estimate of drug-likeness (QED) is 0.0814. The molecule has 0 heterocycles. The van der Waals surface area contributed by atoms with Gasteiger partial charge in [0.1, 0.15) is 4.32 Å². The van der Waals surface area contributed by atoms with E-state index in [-0.39, 0.29) is 5.97 Å². The summed E-state index contributed by atoms with van der Waals surface area (Å²) < 4.78 is 10.6. The zero-order valence-electron chi connectivity index (χ0n) is 19.4. The second kappa shape index (κ2) is 16.9. The van der Waals surface area contributed by atoms with Gasteiger partial charge in [-0.1, -0.05) is 93.0 Å². The van der Waals surface area contributed by atoms with Gasteiger partial charge in [0.2, 0.25) is 0 Å². The number of esters is 1. The molecule has 0 saturated carbocycles. The van der Waals surface area contributed by atoms with Crippen molar-refractivity contribution >= 4 is 30.2 Å². The maximum Gasteiger partial charge on any atom is 0.322 e. The average molecular weight is 480 g/mol. The lowest BCUT2D eigenvalue weighted by atomic mass is 10.0. The van der Waals surface area contributed by atoms with Gasteiger partial charge in [-0.15, -0.1) is 0 Å². The summed E-state index contributed by atoms with van der Waals surface area (Å²) in [4.78, 5) is 11.6. The third kappa shape index (κ3) is 18.2. The van der Waals surface area contributed by atoms with Crippen LogP contribution in [0.5, 0.6) is 0 Å². The van der Waals surface area contributed by atoms with Crippen LogP contribution in [0, 0.1) is 0 Å². The van der Waals surface area contributed by atoms with Gasteiger partial charge in [-0.25, -0.2) is 0 Å². The first-order valence-corrected chi connectivity index (χ1v) is 15.6. The van der Waals surface area contributed by atoms with Crippen molar-refractivity contribution < 1.29 is 14.0 Å². The van der Waals surface area contributed by atoms with E-state index in [2.05, 4.69) is 35.9 Å². The normalized spacial score (nSPS) is 12.4. The Balaban J connectivity index is 3.23. The fraction of sp³-hybridized carbons (Fsp3) is 0.957. The summed E-state index contributed by atoms with van der Waals surface area (Å²) in [5.74, 6) is -0.163. The Morgan fingerprint density at radius 1 is 0.786 bits per heavy atom. The minimum absolute atomic E-state index is 0.163. The van der Waals surface area contributed by atoms with Gasteiger partial charge >= 0.3 is 5.97 Å². The molecule has 0 aliphatic rings. The molecule has 0 aromatic rings. The third-order valence-electron chi connectivity index (χ3n) is 5.18. The highest BCUT2D eigenvalue weighted by molar-refractivity contribution is 9.10. The number of carbonyl (C=O) groups is 1. The monoisotopic (exact) mass is 478 g/mol. The van der Waals surface area contributed by atoms with Crippen molar-refractivity contribution in [3.63, 3.8) is 0 Å². The van der Waals surface area contributed by atoms with E-state index in [1.165, 1.54) is 83.1 Å². The molecule has 0 aliphatic heterocycles. The molecule has 0 spiro atoms. The molecule has 5 heteroatoms. The molecule has 3 nitrogen and oxygen atoms in total. The number of ether oxygens (including phenoxy) is 1. The van der Waals surface area contributed by atoms with Crippen molar-refractivity contribution in [3.05, 3.63) is 0 Å². The highest BCUT2D eigenvalue weighted by atomic mass is 79.9. The first-order valence-electron chi connectivity index (χ1n) is 11.7. The fourth-order valence-corrected chi connectivity index (χ4v) is 5.54. The van der Waals surface area contributed by atoms with Gasteiger partial charge in [-0.3, -0.25) is 4.79 Å². The topological polar surface area (TPSA) is 35.5 Å². The molecule has 168 valence electrons. The van der Waals surface area contributed by atoms with Crippen LogP contribution in [-0.2, 0) is 14.0 Å². The zero-order chi connectivity index (χ0) is 21.3. The number of unbranched alkanes of at least 4 members (excludes halogenated alkanes) is 12. The van der Waals surface area contributed by atoms with E-state index in [0.29, 0.717) is 6.61 Å². The Kier molecular flexibility index (Phi) is 17.0. The molecule has 28 heavy (non-hydrogen) atoms. The Bertz CT molecular complexity index is 381. The first-order chi connectivity index (χ1) is 13.2. The van der Waals surface area contributed by atoms with Crippen molar-refractivity contribution in [2.24, 2.45) is 0 Å². The summed E-state index contributed by atoms with van der Waals surface area (Å²) in [5.41, 5.74) is 0. The van der Waals surface area contributed by atoms with Crippen LogP contribution in [0.25, 0.3) is 0 Å². The number of carbonyl (C=O) groups excluding carboxylic acids is 1. The maximum absolute atomic E-state index is 11.6. The van der Waals surface area contributed by atoms with E-state index in [1.54, 1.807) is 0 Å². The lowest BCUT2D eigenvalue weighted by Gasteiger charge is -2.21. The molecule has 0 atom stereocenters. The summed E-state index contributed by atoms with van der Waals surface area (Å²) in [7, 11) is -1.34. The molecule has 0 aliphatic carbocycles. The van der Waals surface area contributed by atoms with Crippen LogP contribution >= 0.6 is 15.9 Å². The summed E-state index contributed by atoms with van der Waals surface area (Å²) >= 11 is 3.32. The molecular weight excluding hydrogens is 432 g/mol. The molecule has 0 aromatic heterocycles. The fourth-order valence-electron chi connectivity index (χ4n) is 3.40. The highest BCUT2D eigenvalue weighted by Gasteiger charge is 2.25. The van der Waals surface area contributed by atoms with Crippen LogP contribution in [0.4, 0.5) is 0 Å². The minimum atomic E-state index is -1.34. The molecule has 0 fully saturated rings. The van der Waals surface area contributed by atoms with Crippen molar-refractivity contribution in [3.8, 4) is 0 Å². The largest absolute Gasteiger partial charge is 0.465 e. The average Bonchev–Trinajstić information content (AvgIpc) is 2.60. The maximum atomic E-state index is 11.6. The third-order valence-corrected chi connectivity index (χ3v) is 8.13. The standard InChI is InChI=1S/C23H47BrO3Si/c1-6-27-28(4,5)21-19-17-15-13-11-9-7-8-10-12-14-16-18-20-26-22(25)23(2,3)24/h6-21H2,1-5H3. The molecule has 0 aromatic carbocycles. The van der Waals surface area contributed by atoms with Crippen LogP contribution in [0.2, 0.25) is 19.1 Å². The summed E-state index contributed by atoms with van der Waals surface area (Å²) in [6.45, 7) is 11.9. The first kappa shape index (κ1) is 28.1. The lowest BCUT2D eigenvalue weighted by molar-refractivity contribution is -0.145. The van der Waals surface area contributed by atoms with Gasteiger partial charge in [-0.05, 0) is 46.3 Å². The van der Waals surface area contributed by atoms with E-state index < -0.39 is 12.6 Å². The summed E-state index contributed by atoms with van der Waals surface area (Å²) in [6.07, 6.45) is 17.2. The Labute approximate surface area is 185 Å². The van der Waals surface area contributed by atoms with Crippen LogP contribution < -0.4 is 0 Å². The molecule has 0 radical (unpaired) electrons.